The van der Waals surface area contributed by atoms with Crippen molar-refractivity contribution in [2.24, 2.45) is 20.0 Å². The highest BCUT2D eigenvalue weighted by atomic mass is 32.1. The third-order valence-corrected chi connectivity index (χ3v) is 16.8. The number of amidine groups is 1. The van der Waals surface area contributed by atoms with Crippen molar-refractivity contribution in [1.29, 1.82) is 0 Å². The number of carbonyl (C=O) groups is 3. The van der Waals surface area contributed by atoms with Crippen LogP contribution >= 0.6 is 22.7 Å². The van der Waals surface area contributed by atoms with Crippen LogP contribution in [0.2, 0.25) is 0 Å². The highest BCUT2D eigenvalue weighted by molar-refractivity contribution is 7.12. The Kier molecular flexibility index (Phi) is 21.3. The fraction of sp³-hybridized carbons (Fsp3) is 0.122. The molecule has 0 bridgehead atoms. The molecule has 0 saturated carbocycles. The molecule has 8 heterocycles. The molecule has 0 fully saturated rings. The van der Waals surface area contributed by atoms with Crippen LogP contribution in [0, 0.1) is 13.8 Å². The number of aromatic amines is 5. The molecule has 7 aromatic heterocycles. The summed E-state index contributed by atoms with van der Waals surface area (Å²) in [4.78, 5) is 63.2. The van der Waals surface area contributed by atoms with E-state index in [9.17, 15) is 29.7 Å². The van der Waals surface area contributed by atoms with E-state index < -0.39 is 0 Å². The van der Waals surface area contributed by atoms with E-state index in [0.29, 0.717) is 50.5 Å². The molecular weight excluding hydrogens is 1250 g/mol. The summed E-state index contributed by atoms with van der Waals surface area (Å²) in [6, 6.07) is 52.6. The largest absolute Gasteiger partial charge is 0.494 e. The van der Waals surface area contributed by atoms with Crippen molar-refractivity contribution in [3.63, 3.8) is 0 Å². The van der Waals surface area contributed by atoms with Gasteiger partial charge in [0.15, 0.2) is 29.3 Å². The summed E-state index contributed by atoms with van der Waals surface area (Å²) in [5.41, 5.74) is 15.3. The molecule has 96 heavy (non-hydrogen) atoms. The topological polar surface area (TPSA) is 302 Å². The number of hydrogen-bond acceptors (Lipinski definition) is 14. The Morgan fingerprint density at radius 1 is 0.490 bits per heavy atom. The van der Waals surface area contributed by atoms with E-state index in [1.54, 1.807) is 30.8 Å². The van der Waals surface area contributed by atoms with E-state index in [4.69, 9.17) is 0 Å². The SMILES string of the molecule is C.C.CC(=O)Nc1ccc(Cc2ccc3[nH]c(O)c(C=Nc4cc(C)[nH]n4)c3c2)cc1.Cc1cc(N=Cc2c(O)[nH]c3ccc(Cc4ccc(NC(=O)c5cccs5)cc4)cc23)n[nH]1.O=C(Nc1ccc(Cc2ccc3[nH]c(O)c(C=NC4=NCC=C4)c3c2)cc1)c1cccs1. The van der Waals surface area contributed by atoms with Gasteiger partial charge in [0.25, 0.3) is 11.8 Å². The standard InChI is InChI=1S/C25H21N5O2S.C25H20N4O2S.C22H21N5O2.2CH4/c1-15-11-23(30-29-15)26-14-20-19-13-17(6-9-21(19)28-24(20)31)12-16-4-7-18(8-5-16)27-25(32)22-3-2-10-33-22;30-24-20(15-27-23-4-1-11-26-23)19-14-17(7-10-21(19)29-24)13-16-5-8-18(9-6-16)28-25(31)22-3-2-12-32-22;1-13-9-21(27-26-13)23-12-19-18-11-16(5-8-20(18)25-22(19)29)10-15-3-6-17(7-4-15)24-14(2)28;;/h2-11,13-14,28,31H,12H2,1H3,(H,27,32)(H,29,30);1-10,12,14-15,29-30H,11,13H2,(H,28,31);3-9,11-12,25,29H,10H2,1-2H3,(H,24,28)(H,26,27);2*1H4. The van der Waals surface area contributed by atoms with E-state index in [1.165, 1.54) is 29.6 Å². The third-order valence-electron chi connectivity index (χ3n) is 15.0. The fourth-order valence-corrected chi connectivity index (χ4v) is 11.7. The van der Waals surface area contributed by atoms with Gasteiger partial charge in [0, 0.05) is 98.9 Å². The van der Waals surface area contributed by atoms with Crippen molar-refractivity contribution in [2.45, 2.75) is 54.9 Å². The molecule has 1 aliphatic rings. The number of nitrogens with zero attached hydrogens (tertiary/aromatic N) is 6. The molecule has 1 aliphatic heterocycles. The second kappa shape index (κ2) is 30.6. The summed E-state index contributed by atoms with van der Waals surface area (Å²) in [6.45, 7) is 5.95. The summed E-state index contributed by atoms with van der Waals surface area (Å²) < 4.78 is 0. The first-order valence-corrected chi connectivity index (χ1v) is 31.6. The maximum absolute atomic E-state index is 12.2. The first kappa shape index (κ1) is 66.9. The average molecular weight is 1320 g/mol. The molecule has 0 atom stereocenters. The number of H-pyrrole nitrogens is 5. The fourth-order valence-electron chi connectivity index (χ4n) is 10.5. The molecule has 0 radical (unpaired) electrons. The van der Waals surface area contributed by atoms with E-state index >= 15 is 0 Å². The Labute approximate surface area is 561 Å². The minimum atomic E-state index is -0.102. The molecule has 0 unspecified atom stereocenters. The van der Waals surface area contributed by atoms with Crippen molar-refractivity contribution in [3.05, 3.63) is 258 Å². The van der Waals surface area contributed by atoms with Gasteiger partial charge in [-0.25, -0.2) is 15.0 Å². The van der Waals surface area contributed by atoms with Gasteiger partial charge in [-0.15, -0.1) is 22.7 Å². The van der Waals surface area contributed by atoms with Gasteiger partial charge in [0.2, 0.25) is 5.91 Å². The number of thiophene rings is 2. The molecule has 6 aromatic carbocycles. The molecule has 22 heteroatoms. The number of benzene rings is 6. The van der Waals surface area contributed by atoms with Gasteiger partial charge >= 0.3 is 0 Å². The quantitative estimate of drug-likeness (QED) is 0.0412. The zero-order valence-corrected chi connectivity index (χ0v) is 52.7. The Morgan fingerprint density at radius 3 is 1.18 bits per heavy atom. The van der Waals surface area contributed by atoms with Crippen LogP contribution in [-0.4, -0.2) is 99.4 Å². The number of rotatable bonds is 16. The molecule has 0 saturated heterocycles. The van der Waals surface area contributed by atoms with Crippen LogP contribution in [0.15, 0.2) is 207 Å². The molecule has 484 valence electrons. The molecule has 13 aromatic rings. The van der Waals surface area contributed by atoms with Crippen LogP contribution < -0.4 is 16.0 Å². The second-order valence-corrected chi connectivity index (χ2v) is 24.1. The number of nitrogens with one attached hydrogen (secondary N) is 8. The van der Waals surface area contributed by atoms with Crippen LogP contribution in [0.1, 0.15) is 103 Å². The van der Waals surface area contributed by atoms with Crippen LogP contribution in [-0.2, 0) is 24.1 Å². The molecule has 0 aliphatic carbocycles. The smallest absolute Gasteiger partial charge is 0.265 e. The molecular formula is C74H70N14O6S2. The molecule has 0 spiro atoms. The summed E-state index contributed by atoms with van der Waals surface area (Å²) in [5.74, 6) is 1.73. The van der Waals surface area contributed by atoms with Gasteiger partial charge in [-0.3, -0.25) is 29.6 Å². The van der Waals surface area contributed by atoms with Crippen molar-refractivity contribution in [1.82, 2.24) is 35.3 Å². The van der Waals surface area contributed by atoms with Crippen molar-refractivity contribution < 1.29 is 29.7 Å². The Balaban J connectivity index is 0.000000155. The average Bonchev–Trinajstić information content (AvgIpc) is 1.66. The number of fused-ring (bicyclic) bond motifs is 3. The number of carbonyl (C=O) groups excluding carboxylic acids is 3. The van der Waals surface area contributed by atoms with Crippen molar-refractivity contribution >= 4 is 126 Å². The van der Waals surface area contributed by atoms with Crippen LogP contribution in [0.5, 0.6) is 17.6 Å². The first-order chi connectivity index (χ1) is 45.7. The van der Waals surface area contributed by atoms with Gasteiger partial charge in [0.05, 0.1) is 33.0 Å². The maximum Gasteiger partial charge on any atom is 0.265 e. The predicted molar refractivity (Wildman–Crippen MR) is 390 cm³/mol. The van der Waals surface area contributed by atoms with Gasteiger partial charge in [-0.1, -0.05) is 87.7 Å². The molecule has 20 nitrogen and oxygen atoms in total. The number of aromatic nitrogens is 7. The lowest BCUT2D eigenvalue weighted by Gasteiger charge is -2.06. The lowest BCUT2D eigenvalue weighted by atomic mass is 10.0. The van der Waals surface area contributed by atoms with Gasteiger partial charge in [-0.05, 0) is 168 Å². The third kappa shape index (κ3) is 16.8. The number of hydrogen-bond donors (Lipinski definition) is 11. The highest BCUT2D eigenvalue weighted by Crippen LogP contribution is 2.32. The first-order valence-electron chi connectivity index (χ1n) is 29.8. The van der Waals surface area contributed by atoms with Gasteiger partial charge < -0.3 is 46.2 Å². The van der Waals surface area contributed by atoms with Gasteiger partial charge in [-0.2, -0.15) is 10.2 Å². The normalized spacial score (nSPS) is 11.8. The van der Waals surface area contributed by atoms with E-state index in [1.807, 2.05) is 176 Å². The lowest BCUT2D eigenvalue weighted by molar-refractivity contribution is -0.114. The number of aryl methyl sites for hydroxylation is 2. The maximum atomic E-state index is 12.2. The molecule has 11 N–H and O–H groups in total. The zero-order chi connectivity index (χ0) is 65.1. The summed E-state index contributed by atoms with van der Waals surface area (Å²) >= 11 is 2.83. The number of aliphatic imine (C=N–C) groups is 4. The van der Waals surface area contributed by atoms with Crippen molar-refractivity contribution in [2.75, 3.05) is 22.5 Å². The number of amides is 3. The van der Waals surface area contributed by atoms with E-state index in [-0.39, 0.29) is 50.2 Å². The number of aromatic hydroxyl groups is 3. The highest BCUT2D eigenvalue weighted by Gasteiger charge is 2.16. The predicted octanol–water partition coefficient (Wildman–Crippen LogP) is 16.2. The minimum Gasteiger partial charge on any atom is -0.494 e. The van der Waals surface area contributed by atoms with E-state index in [2.05, 4.69) is 83.4 Å². The Hall–Kier alpha value is -12.0. The lowest BCUT2D eigenvalue weighted by Crippen LogP contribution is -2.09. The van der Waals surface area contributed by atoms with Crippen LogP contribution in [0.4, 0.5) is 28.7 Å². The Morgan fingerprint density at radius 2 is 0.854 bits per heavy atom. The Bertz CT molecular complexity index is 5010. The van der Waals surface area contributed by atoms with E-state index in [0.717, 1.165) is 114 Å². The molecule has 14 rings (SSSR count). The molecule has 3 amide bonds. The second-order valence-electron chi connectivity index (χ2n) is 22.2. The van der Waals surface area contributed by atoms with Crippen LogP contribution in [0.3, 0.4) is 0 Å². The number of anilines is 3. The monoisotopic (exact) mass is 1310 g/mol. The zero-order valence-electron chi connectivity index (χ0n) is 51.0. The minimum absolute atomic E-state index is 0. The van der Waals surface area contributed by atoms with Gasteiger partial charge in [0.1, 0.15) is 5.84 Å². The summed E-state index contributed by atoms with van der Waals surface area (Å²) in [6.07, 6.45) is 10.9. The summed E-state index contributed by atoms with van der Waals surface area (Å²) in [7, 11) is 0. The van der Waals surface area contributed by atoms with Crippen LogP contribution in [0.25, 0.3) is 32.7 Å². The van der Waals surface area contributed by atoms with Crippen molar-refractivity contribution in [3.8, 4) is 17.6 Å². The summed E-state index contributed by atoms with van der Waals surface area (Å²) in [5, 5.41) is 59.9.